The van der Waals surface area contributed by atoms with E-state index in [1.807, 2.05) is 12.1 Å². The first-order valence-corrected chi connectivity index (χ1v) is 11.9. The zero-order valence-corrected chi connectivity index (χ0v) is 20.0. The number of nitrogens with one attached hydrogen (secondary N) is 2. The normalized spacial score (nSPS) is 13.9. The number of benzene rings is 2. The van der Waals surface area contributed by atoms with Gasteiger partial charge in [-0.3, -0.25) is 20.4 Å². The minimum atomic E-state index is -1.07. The maximum atomic E-state index is 12.4. The number of carbonyl (C=O) groups is 3. The number of hydrogen-bond acceptors (Lipinski definition) is 6. The van der Waals surface area contributed by atoms with E-state index in [4.69, 9.17) is 14.6 Å². The molecule has 0 aliphatic carbocycles. The zero-order chi connectivity index (χ0) is 25.0. The molecule has 2 aromatic rings. The van der Waals surface area contributed by atoms with Gasteiger partial charge >= 0.3 is 5.97 Å². The molecule has 1 aliphatic heterocycles. The number of rotatable bonds is 11. The summed E-state index contributed by atoms with van der Waals surface area (Å²) in [4.78, 5) is 37.8. The molecule has 3 N–H and O–H groups in total. The average molecular weight is 484 g/mol. The summed E-state index contributed by atoms with van der Waals surface area (Å²) in [5.41, 5.74) is 6.51. The quantitative estimate of drug-likeness (QED) is 0.332. The van der Waals surface area contributed by atoms with Gasteiger partial charge in [0.15, 0.2) is 0 Å². The fraction of sp³-hybridized carbons (Fsp3) is 0.423. The number of carboxylic acids is 1. The molecule has 3 rings (SSSR count). The van der Waals surface area contributed by atoms with E-state index in [1.165, 1.54) is 24.3 Å². The molecule has 35 heavy (non-hydrogen) atoms. The van der Waals surface area contributed by atoms with Gasteiger partial charge in [0.05, 0.1) is 11.7 Å². The Morgan fingerprint density at radius 2 is 1.34 bits per heavy atom. The van der Waals surface area contributed by atoms with Crippen molar-refractivity contribution in [2.24, 2.45) is 0 Å². The van der Waals surface area contributed by atoms with Gasteiger partial charge in [-0.2, -0.15) is 0 Å². The van der Waals surface area contributed by atoms with Crippen molar-refractivity contribution in [1.29, 1.82) is 0 Å². The van der Waals surface area contributed by atoms with Crippen LogP contribution in [0.4, 0.5) is 5.69 Å². The lowest BCUT2D eigenvalue weighted by atomic mass is 10.1. The number of hydrogen-bond donors (Lipinski definition) is 3. The highest BCUT2D eigenvalue weighted by atomic mass is 16.5. The number of anilines is 1. The van der Waals surface area contributed by atoms with Gasteiger partial charge in [0.25, 0.3) is 11.8 Å². The number of amides is 2. The van der Waals surface area contributed by atoms with E-state index < -0.39 is 17.8 Å². The van der Waals surface area contributed by atoms with Crippen molar-refractivity contribution in [3.05, 3.63) is 65.2 Å². The van der Waals surface area contributed by atoms with Crippen LogP contribution in [-0.4, -0.2) is 62.4 Å². The molecule has 1 saturated heterocycles. The summed E-state index contributed by atoms with van der Waals surface area (Å²) in [5, 5.41) is 8.92. The third-order valence-corrected chi connectivity index (χ3v) is 5.97. The summed E-state index contributed by atoms with van der Waals surface area (Å²) in [6.45, 7) is 3.40. The number of piperidine rings is 1. The molecule has 0 bridgehead atoms. The Labute approximate surface area is 205 Å². The Balaban J connectivity index is 1.39. The summed E-state index contributed by atoms with van der Waals surface area (Å²) < 4.78 is 11.1. The highest BCUT2D eigenvalue weighted by molar-refractivity contribution is 5.99. The number of ether oxygens (including phenoxy) is 2. The molecule has 0 radical (unpaired) electrons. The number of methoxy groups -OCH3 is 1. The highest BCUT2D eigenvalue weighted by Crippen LogP contribution is 2.22. The highest BCUT2D eigenvalue weighted by Gasteiger charge is 2.20. The minimum absolute atomic E-state index is 0.0798. The molecule has 0 spiro atoms. The maximum absolute atomic E-state index is 12.4. The lowest BCUT2D eigenvalue weighted by Gasteiger charge is -2.33. The van der Waals surface area contributed by atoms with Crippen molar-refractivity contribution in [3.8, 4) is 0 Å². The average Bonchev–Trinajstić information content (AvgIpc) is 2.89. The Morgan fingerprint density at radius 1 is 0.829 bits per heavy atom. The van der Waals surface area contributed by atoms with Gasteiger partial charge in [-0.15, -0.1) is 0 Å². The van der Waals surface area contributed by atoms with Crippen molar-refractivity contribution in [3.63, 3.8) is 0 Å². The van der Waals surface area contributed by atoms with Gasteiger partial charge in [-0.25, -0.2) is 4.79 Å². The predicted octanol–water partition coefficient (Wildman–Crippen LogP) is 3.26. The van der Waals surface area contributed by atoms with E-state index >= 15 is 0 Å². The van der Waals surface area contributed by atoms with Crippen molar-refractivity contribution in [2.75, 3.05) is 38.3 Å². The summed E-state index contributed by atoms with van der Waals surface area (Å²) >= 11 is 0. The molecule has 0 saturated carbocycles. The summed E-state index contributed by atoms with van der Waals surface area (Å²) in [5.74, 6) is -2.05. The summed E-state index contributed by atoms with van der Waals surface area (Å²) in [6, 6.07) is 12.7. The Hall–Kier alpha value is -3.43. The van der Waals surface area contributed by atoms with Crippen LogP contribution >= 0.6 is 0 Å². The Kier molecular flexibility index (Phi) is 10.1. The summed E-state index contributed by atoms with van der Waals surface area (Å²) in [6.07, 6.45) is 5.49. The van der Waals surface area contributed by atoms with Crippen LogP contribution in [0.2, 0.25) is 0 Å². The van der Waals surface area contributed by atoms with Gasteiger partial charge in [-0.05, 0) is 80.6 Å². The topological polar surface area (TPSA) is 117 Å². The van der Waals surface area contributed by atoms with Gasteiger partial charge < -0.3 is 19.5 Å². The van der Waals surface area contributed by atoms with E-state index in [2.05, 4.69) is 15.8 Å². The van der Waals surface area contributed by atoms with E-state index in [1.54, 1.807) is 19.2 Å². The standard InChI is InChI=1S/C26H33N3O6/c1-34-17-3-2-4-18-35-23-13-15-29(16-14-23)22-11-9-20(10-12-22)25(31)28-27-24(30)19-5-7-21(8-6-19)26(32)33/h5-12,23H,2-4,13-18H2,1H3,(H,27,30)(H,28,31)(H,32,33). The number of carboxylic acid groups (broad SMARTS) is 1. The Morgan fingerprint density at radius 3 is 1.89 bits per heavy atom. The molecule has 9 heteroatoms. The van der Waals surface area contributed by atoms with E-state index in [9.17, 15) is 14.4 Å². The second-order valence-electron chi connectivity index (χ2n) is 8.45. The van der Waals surface area contributed by atoms with E-state index in [0.717, 1.165) is 64.1 Å². The third-order valence-electron chi connectivity index (χ3n) is 5.97. The molecule has 0 unspecified atom stereocenters. The van der Waals surface area contributed by atoms with Crippen molar-refractivity contribution in [2.45, 2.75) is 38.2 Å². The third kappa shape index (κ3) is 8.08. The van der Waals surface area contributed by atoms with Crippen LogP contribution in [0.1, 0.15) is 63.2 Å². The molecule has 2 aromatic carbocycles. The SMILES string of the molecule is COCCCCCOC1CCN(c2ccc(C(=O)NNC(=O)c3ccc(C(=O)O)cc3)cc2)CC1. The first-order valence-electron chi connectivity index (χ1n) is 11.9. The van der Waals surface area contributed by atoms with Gasteiger partial charge in [0.2, 0.25) is 0 Å². The lowest BCUT2D eigenvalue weighted by Crippen LogP contribution is -2.41. The largest absolute Gasteiger partial charge is 0.478 e. The number of unbranched alkanes of at least 4 members (excludes halogenated alkanes) is 2. The summed E-state index contributed by atoms with van der Waals surface area (Å²) in [7, 11) is 1.72. The maximum Gasteiger partial charge on any atom is 0.335 e. The fourth-order valence-electron chi connectivity index (χ4n) is 3.90. The van der Waals surface area contributed by atoms with Crippen LogP contribution < -0.4 is 15.8 Å². The first-order chi connectivity index (χ1) is 17.0. The van der Waals surface area contributed by atoms with E-state index in [-0.39, 0.29) is 11.1 Å². The molecular weight excluding hydrogens is 450 g/mol. The molecule has 9 nitrogen and oxygen atoms in total. The lowest BCUT2D eigenvalue weighted by molar-refractivity contribution is 0.0340. The zero-order valence-electron chi connectivity index (χ0n) is 20.0. The number of carbonyl (C=O) groups excluding carboxylic acids is 2. The van der Waals surface area contributed by atoms with Crippen LogP contribution in [-0.2, 0) is 9.47 Å². The van der Waals surface area contributed by atoms with Crippen molar-refractivity contribution >= 4 is 23.5 Å². The second kappa shape index (κ2) is 13.5. The van der Waals surface area contributed by atoms with Crippen molar-refractivity contribution in [1.82, 2.24) is 10.9 Å². The number of aromatic carboxylic acids is 1. The minimum Gasteiger partial charge on any atom is -0.478 e. The van der Waals surface area contributed by atoms with Crippen LogP contribution in [0.25, 0.3) is 0 Å². The molecule has 188 valence electrons. The number of nitrogens with zero attached hydrogens (tertiary/aromatic N) is 1. The number of hydrazine groups is 1. The monoisotopic (exact) mass is 483 g/mol. The molecule has 0 aromatic heterocycles. The molecular formula is C26H33N3O6. The molecule has 1 heterocycles. The van der Waals surface area contributed by atoms with Crippen LogP contribution in [0.3, 0.4) is 0 Å². The van der Waals surface area contributed by atoms with Gasteiger partial charge in [0, 0.05) is 50.2 Å². The van der Waals surface area contributed by atoms with Crippen LogP contribution in [0.5, 0.6) is 0 Å². The molecule has 1 fully saturated rings. The van der Waals surface area contributed by atoms with Crippen LogP contribution in [0.15, 0.2) is 48.5 Å². The van der Waals surface area contributed by atoms with Gasteiger partial charge in [0.1, 0.15) is 0 Å². The molecule has 0 atom stereocenters. The van der Waals surface area contributed by atoms with Crippen LogP contribution in [0, 0.1) is 0 Å². The van der Waals surface area contributed by atoms with Gasteiger partial charge in [-0.1, -0.05) is 0 Å². The smallest absolute Gasteiger partial charge is 0.335 e. The van der Waals surface area contributed by atoms with E-state index in [0.29, 0.717) is 11.7 Å². The van der Waals surface area contributed by atoms with Crippen molar-refractivity contribution < 1.29 is 29.0 Å². The Bertz CT molecular complexity index is 970. The molecule has 2 amide bonds. The predicted molar refractivity (Wildman–Crippen MR) is 132 cm³/mol. The second-order valence-corrected chi connectivity index (χ2v) is 8.45. The molecule has 1 aliphatic rings. The fourth-order valence-corrected chi connectivity index (χ4v) is 3.90. The first kappa shape index (κ1) is 26.2.